The summed E-state index contributed by atoms with van der Waals surface area (Å²) in [5.41, 5.74) is 1.72. The van der Waals surface area contributed by atoms with Crippen LogP contribution in [0.15, 0.2) is 30.7 Å². The van der Waals surface area contributed by atoms with Gasteiger partial charge < -0.3 is 9.88 Å². The van der Waals surface area contributed by atoms with Crippen LogP contribution >= 0.6 is 0 Å². The van der Waals surface area contributed by atoms with Crippen molar-refractivity contribution in [2.45, 2.75) is 26.4 Å². The van der Waals surface area contributed by atoms with E-state index in [0.717, 1.165) is 18.7 Å². The van der Waals surface area contributed by atoms with E-state index >= 15 is 0 Å². The zero-order valence-corrected chi connectivity index (χ0v) is 10.7. The highest BCUT2D eigenvalue weighted by Gasteiger charge is 2.05. The molecule has 1 N–H and O–H groups in total. The first kappa shape index (κ1) is 13.1. The fraction of sp³-hybridized carbons (Fsp3) is 0.286. The van der Waals surface area contributed by atoms with E-state index in [1.54, 1.807) is 24.7 Å². The SMILES string of the molecule is CCCn1cncc1CNc1ccc(C#N)cc1F. The van der Waals surface area contributed by atoms with Gasteiger partial charge in [0.1, 0.15) is 5.82 Å². The van der Waals surface area contributed by atoms with E-state index in [-0.39, 0.29) is 0 Å². The molecule has 1 aromatic carbocycles. The van der Waals surface area contributed by atoms with Crippen molar-refractivity contribution >= 4 is 5.69 Å². The van der Waals surface area contributed by atoms with Crippen LogP contribution in [0.25, 0.3) is 0 Å². The predicted molar refractivity (Wildman–Crippen MR) is 71.0 cm³/mol. The second-order valence-electron chi connectivity index (χ2n) is 4.24. The minimum absolute atomic E-state index is 0.319. The summed E-state index contributed by atoms with van der Waals surface area (Å²) in [5, 5.41) is 11.7. The molecule has 0 fully saturated rings. The zero-order chi connectivity index (χ0) is 13.7. The maximum Gasteiger partial charge on any atom is 0.147 e. The first-order valence-electron chi connectivity index (χ1n) is 6.17. The Labute approximate surface area is 111 Å². The number of nitrogens with one attached hydrogen (secondary N) is 1. The van der Waals surface area contributed by atoms with Crippen LogP contribution in [0.3, 0.4) is 0 Å². The van der Waals surface area contributed by atoms with E-state index in [0.29, 0.717) is 17.8 Å². The van der Waals surface area contributed by atoms with Crippen molar-refractivity contribution in [2.24, 2.45) is 0 Å². The van der Waals surface area contributed by atoms with Crippen molar-refractivity contribution in [1.29, 1.82) is 5.26 Å². The fourth-order valence-electron chi connectivity index (χ4n) is 1.85. The zero-order valence-electron chi connectivity index (χ0n) is 10.7. The third kappa shape index (κ3) is 3.10. The van der Waals surface area contributed by atoms with Crippen LogP contribution in [0.1, 0.15) is 24.6 Å². The van der Waals surface area contributed by atoms with Gasteiger partial charge >= 0.3 is 0 Å². The number of aromatic nitrogens is 2. The number of anilines is 1. The Kier molecular flexibility index (Phi) is 4.14. The number of benzene rings is 1. The Morgan fingerprint density at radius 2 is 2.32 bits per heavy atom. The molecule has 0 aliphatic rings. The number of imidazole rings is 1. The lowest BCUT2D eigenvalue weighted by molar-refractivity contribution is 0.626. The Bertz CT molecular complexity index is 598. The standard InChI is InChI=1S/C14H15FN4/c1-2-5-19-10-17-8-12(19)9-18-14-4-3-11(7-16)6-13(14)15/h3-4,6,8,10,18H,2,5,9H2,1H3. The summed E-state index contributed by atoms with van der Waals surface area (Å²) >= 11 is 0. The normalized spacial score (nSPS) is 10.2. The smallest absolute Gasteiger partial charge is 0.147 e. The molecule has 19 heavy (non-hydrogen) atoms. The van der Waals surface area contributed by atoms with Crippen molar-refractivity contribution in [1.82, 2.24) is 9.55 Å². The Morgan fingerprint density at radius 1 is 1.47 bits per heavy atom. The summed E-state index contributed by atoms with van der Waals surface area (Å²) in [6.45, 7) is 3.49. The van der Waals surface area contributed by atoms with Crippen molar-refractivity contribution in [3.05, 3.63) is 47.8 Å². The number of hydrogen-bond donors (Lipinski definition) is 1. The number of rotatable bonds is 5. The summed E-state index contributed by atoms with van der Waals surface area (Å²) in [7, 11) is 0. The van der Waals surface area contributed by atoms with Crippen LogP contribution in [0.2, 0.25) is 0 Å². The van der Waals surface area contributed by atoms with Gasteiger partial charge in [-0.3, -0.25) is 0 Å². The topological polar surface area (TPSA) is 53.6 Å². The molecule has 0 aliphatic heterocycles. The molecule has 2 aromatic rings. The highest BCUT2D eigenvalue weighted by atomic mass is 19.1. The van der Waals surface area contributed by atoms with Crippen molar-refractivity contribution in [3.63, 3.8) is 0 Å². The molecule has 0 atom stereocenters. The lowest BCUT2D eigenvalue weighted by Crippen LogP contribution is -2.07. The Hall–Kier alpha value is -2.35. The minimum Gasteiger partial charge on any atom is -0.377 e. The summed E-state index contributed by atoms with van der Waals surface area (Å²) in [6.07, 6.45) is 4.56. The summed E-state index contributed by atoms with van der Waals surface area (Å²) < 4.78 is 15.7. The minimum atomic E-state index is -0.416. The molecule has 0 bridgehead atoms. The average Bonchev–Trinajstić information content (AvgIpc) is 2.85. The van der Waals surface area contributed by atoms with Crippen LogP contribution < -0.4 is 5.32 Å². The molecular weight excluding hydrogens is 243 g/mol. The summed E-state index contributed by atoms with van der Waals surface area (Å²) in [6, 6.07) is 6.31. The van der Waals surface area contributed by atoms with Crippen LogP contribution in [0.4, 0.5) is 10.1 Å². The molecule has 0 unspecified atom stereocenters. The van der Waals surface area contributed by atoms with Gasteiger partial charge in [0, 0.05) is 12.7 Å². The molecule has 0 aliphatic carbocycles. The number of aryl methyl sites for hydroxylation is 1. The van der Waals surface area contributed by atoms with Gasteiger partial charge in [-0.15, -0.1) is 0 Å². The largest absolute Gasteiger partial charge is 0.377 e. The molecular formula is C14H15FN4. The Balaban J connectivity index is 2.06. The third-order valence-corrected chi connectivity index (χ3v) is 2.82. The molecule has 98 valence electrons. The first-order chi connectivity index (χ1) is 9.24. The van der Waals surface area contributed by atoms with Crippen LogP contribution in [0, 0.1) is 17.1 Å². The number of nitrogens with zero attached hydrogens (tertiary/aromatic N) is 3. The molecule has 0 saturated heterocycles. The summed E-state index contributed by atoms with van der Waals surface area (Å²) in [4.78, 5) is 4.09. The molecule has 0 spiro atoms. The van der Waals surface area contributed by atoms with Gasteiger partial charge in [-0.25, -0.2) is 9.37 Å². The number of nitriles is 1. The van der Waals surface area contributed by atoms with Crippen molar-refractivity contribution in [3.8, 4) is 6.07 Å². The van der Waals surface area contributed by atoms with E-state index in [2.05, 4.69) is 17.2 Å². The van der Waals surface area contributed by atoms with Gasteiger partial charge in [-0.1, -0.05) is 6.92 Å². The van der Waals surface area contributed by atoms with Gasteiger partial charge in [-0.2, -0.15) is 5.26 Å². The van der Waals surface area contributed by atoms with E-state index in [4.69, 9.17) is 5.26 Å². The van der Waals surface area contributed by atoms with Gasteiger partial charge in [0.05, 0.1) is 35.9 Å². The lowest BCUT2D eigenvalue weighted by atomic mass is 10.2. The van der Waals surface area contributed by atoms with E-state index in [1.165, 1.54) is 6.07 Å². The van der Waals surface area contributed by atoms with Crippen LogP contribution in [-0.2, 0) is 13.1 Å². The third-order valence-electron chi connectivity index (χ3n) is 2.82. The Morgan fingerprint density at radius 3 is 3.00 bits per heavy atom. The maximum atomic E-state index is 13.7. The highest BCUT2D eigenvalue weighted by Crippen LogP contribution is 2.16. The van der Waals surface area contributed by atoms with E-state index in [9.17, 15) is 4.39 Å². The van der Waals surface area contributed by atoms with Crippen LogP contribution in [0.5, 0.6) is 0 Å². The van der Waals surface area contributed by atoms with Crippen molar-refractivity contribution < 1.29 is 4.39 Å². The molecule has 1 aromatic heterocycles. The average molecular weight is 258 g/mol. The fourth-order valence-corrected chi connectivity index (χ4v) is 1.85. The molecule has 2 rings (SSSR count). The van der Waals surface area contributed by atoms with Crippen LogP contribution in [-0.4, -0.2) is 9.55 Å². The number of halogens is 1. The molecule has 0 radical (unpaired) electrons. The van der Waals surface area contributed by atoms with Gasteiger partial charge in [0.15, 0.2) is 0 Å². The monoisotopic (exact) mass is 258 g/mol. The number of hydrogen-bond acceptors (Lipinski definition) is 3. The van der Waals surface area contributed by atoms with E-state index < -0.39 is 5.82 Å². The van der Waals surface area contributed by atoms with Gasteiger partial charge in [0.25, 0.3) is 0 Å². The maximum absolute atomic E-state index is 13.7. The predicted octanol–water partition coefficient (Wildman–Crippen LogP) is 2.92. The molecule has 0 saturated carbocycles. The molecule has 4 nitrogen and oxygen atoms in total. The lowest BCUT2D eigenvalue weighted by Gasteiger charge is -2.10. The highest BCUT2D eigenvalue weighted by molar-refractivity contribution is 5.48. The van der Waals surface area contributed by atoms with E-state index in [1.807, 2.05) is 10.6 Å². The van der Waals surface area contributed by atoms with Gasteiger partial charge in [-0.05, 0) is 24.6 Å². The first-order valence-corrected chi connectivity index (χ1v) is 6.17. The second kappa shape index (κ2) is 6.01. The molecule has 0 amide bonds. The molecule has 1 heterocycles. The van der Waals surface area contributed by atoms with Crippen molar-refractivity contribution in [2.75, 3.05) is 5.32 Å². The van der Waals surface area contributed by atoms with Gasteiger partial charge in [0.2, 0.25) is 0 Å². The quantitative estimate of drug-likeness (QED) is 0.897. The molecule has 5 heteroatoms. The summed E-state index contributed by atoms with van der Waals surface area (Å²) in [5.74, 6) is -0.416. The second-order valence-corrected chi connectivity index (χ2v) is 4.24.